The minimum Gasteiger partial charge on any atom is -0.481 e. The number of benzene rings is 1. The summed E-state index contributed by atoms with van der Waals surface area (Å²) >= 11 is 0. The Bertz CT molecular complexity index is 583. The summed E-state index contributed by atoms with van der Waals surface area (Å²) in [6.45, 7) is 0. The third kappa shape index (κ3) is 4.15. The van der Waals surface area contributed by atoms with E-state index in [1.807, 2.05) is 0 Å². The van der Waals surface area contributed by atoms with E-state index >= 15 is 0 Å². The number of aromatic nitrogens is 2. The monoisotopic (exact) mass is 278 g/mol. The fourth-order valence-corrected chi connectivity index (χ4v) is 1.82. The van der Waals surface area contributed by atoms with Crippen LogP contribution in [0.15, 0.2) is 28.7 Å². The average Bonchev–Trinajstić information content (AvgIpc) is 2.85. The second-order valence-electron chi connectivity index (χ2n) is 4.46. The van der Waals surface area contributed by atoms with E-state index in [-0.39, 0.29) is 18.7 Å². The van der Waals surface area contributed by atoms with E-state index in [9.17, 15) is 9.18 Å². The summed E-state index contributed by atoms with van der Waals surface area (Å²) in [4.78, 5) is 10.4. The van der Waals surface area contributed by atoms with Crippen molar-refractivity contribution >= 4 is 5.97 Å². The van der Waals surface area contributed by atoms with Crippen LogP contribution in [0.2, 0.25) is 0 Å². The van der Waals surface area contributed by atoms with Crippen molar-refractivity contribution in [2.75, 3.05) is 0 Å². The summed E-state index contributed by atoms with van der Waals surface area (Å²) in [5, 5.41) is 16.3. The molecule has 5 nitrogen and oxygen atoms in total. The molecule has 0 atom stereocenters. The number of aryl methyl sites for hydroxylation is 1. The first-order valence-electron chi connectivity index (χ1n) is 6.41. The molecule has 2 aromatic rings. The molecule has 0 radical (unpaired) electrons. The summed E-state index contributed by atoms with van der Waals surface area (Å²) in [6.07, 6.45) is 2.18. The Morgan fingerprint density at radius 3 is 2.70 bits per heavy atom. The van der Waals surface area contributed by atoms with Gasteiger partial charge in [-0.15, -0.1) is 10.2 Å². The van der Waals surface area contributed by atoms with Gasteiger partial charge in [0.15, 0.2) is 0 Å². The van der Waals surface area contributed by atoms with Crippen LogP contribution in [0.3, 0.4) is 0 Å². The molecule has 0 aliphatic heterocycles. The highest BCUT2D eigenvalue weighted by atomic mass is 19.1. The largest absolute Gasteiger partial charge is 0.481 e. The van der Waals surface area contributed by atoms with Crippen LogP contribution >= 0.6 is 0 Å². The lowest BCUT2D eigenvalue weighted by molar-refractivity contribution is -0.137. The van der Waals surface area contributed by atoms with Crippen molar-refractivity contribution in [3.63, 3.8) is 0 Å². The minimum atomic E-state index is -0.809. The first-order valence-corrected chi connectivity index (χ1v) is 6.41. The fraction of sp³-hybridized carbons (Fsp3) is 0.357. The van der Waals surface area contributed by atoms with Crippen molar-refractivity contribution in [1.82, 2.24) is 10.2 Å². The summed E-state index contributed by atoms with van der Waals surface area (Å²) in [5.41, 5.74) is 0.508. The van der Waals surface area contributed by atoms with Crippen molar-refractivity contribution in [2.45, 2.75) is 32.1 Å². The number of hydrogen-bond donors (Lipinski definition) is 1. The Morgan fingerprint density at radius 2 is 1.95 bits per heavy atom. The molecule has 1 heterocycles. The van der Waals surface area contributed by atoms with Gasteiger partial charge < -0.3 is 9.52 Å². The van der Waals surface area contributed by atoms with Crippen LogP contribution in [0.1, 0.15) is 36.6 Å². The Balaban J connectivity index is 1.86. The maximum absolute atomic E-state index is 13.5. The third-order valence-corrected chi connectivity index (χ3v) is 2.84. The number of rotatable bonds is 7. The van der Waals surface area contributed by atoms with E-state index in [0.717, 1.165) is 0 Å². The third-order valence-electron chi connectivity index (χ3n) is 2.84. The molecule has 1 aromatic carbocycles. The molecular weight excluding hydrogens is 263 g/mol. The molecule has 20 heavy (non-hydrogen) atoms. The van der Waals surface area contributed by atoms with Crippen LogP contribution in [0.4, 0.5) is 4.39 Å². The summed E-state index contributed by atoms with van der Waals surface area (Å²) in [6, 6.07) is 6.44. The molecule has 0 saturated heterocycles. The second kappa shape index (κ2) is 6.79. The standard InChI is InChI=1S/C14H15FN2O3/c15-11-6-2-1-5-10(11)9-13-17-16-12(20-13)7-3-4-8-14(18)19/h1-2,5-6H,3-4,7-9H2,(H,18,19). The maximum atomic E-state index is 13.5. The zero-order valence-corrected chi connectivity index (χ0v) is 10.9. The van der Waals surface area contributed by atoms with Gasteiger partial charge in [-0.25, -0.2) is 4.39 Å². The Morgan fingerprint density at radius 1 is 1.20 bits per heavy atom. The number of nitrogens with zero attached hydrogens (tertiary/aromatic N) is 2. The van der Waals surface area contributed by atoms with Gasteiger partial charge in [0, 0.05) is 12.8 Å². The number of halogens is 1. The summed E-state index contributed by atoms with van der Waals surface area (Å²) < 4.78 is 18.9. The highest BCUT2D eigenvalue weighted by Gasteiger charge is 2.09. The van der Waals surface area contributed by atoms with Gasteiger partial charge in [-0.05, 0) is 24.5 Å². The molecular formula is C14H15FN2O3. The van der Waals surface area contributed by atoms with Crippen molar-refractivity contribution in [3.05, 3.63) is 47.4 Å². The zero-order valence-electron chi connectivity index (χ0n) is 10.9. The molecule has 0 spiro atoms. The highest BCUT2D eigenvalue weighted by Crippen LogP contribution is 2.13. The second-order valence-corrected chi connectivity index (χ2v) is 4.46. The molecule has 106 valence electrons. The molecule has 0 aliphatic carbocycles. The van der Waals surface area contributed by atoms with Crippen LogP contribution in [-0.2, 0) is 17.6 Å². The lowest BCUT2D eigenvalue weighted by atomic mass is 10.1. The molecule has 2 rings (SSSR count). The van der Waals surface area contributed by atoms with Crippen LogP contribution in [-0.4, -0.2) is 21.3 Å². The molecule has 0 unspecified atom stereocenters. The maximum Gasteiger partial charge on any atom is 0.303 e. The van der Waals surface area contributed by atoms with Crippen molar-refractivity contribution in [2.24, 2.45) is 0 Å². The average molecular weight is 278 g/mol. The molecule has 0 aliphatic rings. The van der Waals surface area contributed by atoms with Crippen LogP contribution in [0.25, 0.3) is 0 Å². The summed E-state index contributed by atoms with van der Waals surface area (Å²) in [5.74, 6) is -0.283. The van der Waals surface area contributed by atoms with Gasteiger partial charge in [0.05, 0.1) is 6.42 Å². The van der Waals surface area contributed by atoms with E-state index in [1.165, 1.54) is 6.07 Å². The van der Waals surface area contributed by atoms with E-state index in [0.29, 0.717) is 36.6 Å². The van der Waals surface area contributed by atoms with Gasteiger partial charge in [-0.1, -0.05) is 18.2 Å². The predicted octanol–water partition coefficient (Wildman–Crippen LogP) is 2.60. The normalized spacial score (nSPS) is 10.7. The van der Waals surface area contributed by atoms with Crippen LogP contribution in [0.5, 0.6) is 0 Å². The Labute approximate surface area is 115 Å². The molecule has 0 bridgehead atoms. The Hall–Kier alpha value is -2.24. The highest BCUT2D eigenvalue weighted by molar-refractivity contribution is 5.66. The van der Waals surface area contributed by atoms with Gasteiger partial charge in [-0.2, -0.15) is 0 Å². The molecule has 0 saturated carbocycles. The minimum absolute atomic E-state index is 0.135. The summed E-state index contributed by atoms with van der Waals surface area (Å²) in [7, 11) is 0. The predicted molar refractivity (Wildman–Crippen MR) is 68.7 cm³/mol. The van der Waals surface area contributed by atoms with Crippen molar-refractivity contribution < 1.29 is 18.7 Å². The van der Waals surface area contributed by atoms with Crippen LogP contribution < -0.4 is 0 Å². The number of hydrogen-bond acceptors (Lipinski definition) is 4. The topological polar surface area (TPSA) is 76.2 Å². The number of carbonyl (C=O) groups is 1. The van der Waals surface area contributed by atoms with Gasteiger partial charge >= 0.3 is 5.97 Å². The Kier molecular flexibility index (Phi) is 4.81. The van der Waals surface area contributed by atoms with E-state index in [1.54, 1.807) is 18.2 Å². The number of unbranched alkanes of at least 4 members (excludes halogenated alkanes) is 1. The molecule has 0 amide bonds. The quantitative estimate of drug-likeness (QED) is 0.788. The SMILES string of the molecule is O=C(O)CCCCc1nnc(Cc2ccccc2F)o1. The first-order chi connectivity index (χ1) is 9.65. The molecule has 1 N–H and O–H groups in total. The number of carboxylic acids is 1. The smallest absolute Gasteiger partial charge is 0.303 e. The zero-order chi connectivity index (χ0) is 14.4. The molecule has 6 heteroatoms. The first kappa shape index (κ1) is 14.2. The van der Waals surface area contributed by atoms with Gasteiger partial charge in [0.25, 0.3) is 0 Å². The van der Waals surface area contributed by atoms with Gasteiger partial charge in [-0.3, -0.25) is 4.79 Å². The van der Waals surface area contributed by atoms with Crippen molar-refractivity contribution in [3.8, 4) is 0 Å². The number of carboxylic acid groups (broad SMARTS) is 1. The van der Waals surface area contributed by atoms with Gasteiger partial charge in [0.1, 0.15) is 5.82 Å². The van der Waals surface area contributed by atoms with E-state index in [4.69, 9.17) is 9.52 Å². The fourth-order valence-electron chi connectivity index (χ4n) is 1.82. The van der Waals surface area contributed by atoms with Crippen LogP contribution in [0, 0.1) is 5.82 Å². The lowest BCUT2D eigenvalue weighted by Gasteiger charge is -1.98. The van der Waals surface area contributed by atoms with E-state index in [2.05, 4.69) is 10.2 Å². The molecule has 1 aromatic heterocycles. The van der Waals surface area contributed by atoms with Gasteiger partial charge in [0.2, 0.25) is 11.8 Å². The number of aliphatic carboxylic acids is 1. The lowest BCUT2D eigenvalue weighted by Crippen LogP contribution is -1.95. The molecule has 0 fully saturated rings. The van der Waals surface area contributed by atoms with E-state index < -0.39 is 5.97 Å². The van der Waals surface area contributed by atoms with Crippen molar-refractivity contribution in [1.29, 1.82) is 0 Å².